The van der Waals surface area contributed by atoms with E-state index in [2.05, 4.69) is 72.0 Å². The third kappa shape index (κ3) is 5.73. The van der Waals surface area contributed by atoms with Gasteiger partial charge in [-0.3, -0.25) is 4.79 Å². The van der Waals surface area contributed by atoms with Gasteiger partial charge in [-0.2, -0.15) is 0 Å². The predicted octanol–water partition coefficient (Wildman–Crippen LogP) is 3.89. The van der Waals surface area contributed by atoms with E-state index in [0.717, 1.165) is 48.8 Å². The second kappa shape index (κ2) is 10.8. The Labute approximate surface area is 183 Å². The van der Waals surface area contributed by atoms with Gasteiger partial charge in [-0.1, -0.05) is 44.2 Å². The van der Waals surface area contributed by atoms with E-state index >= 15 is 0 Å². The van der Waals surface area contributed by atoms with E-state index in [4.69, 9.17) is 15.0 Å². The summed E-state index contributed by atoms with van der Waals surface area (Å²) in [7, 11) is 0. The molecular formula is C23H32N6O2. The van der Waals surface area contributed by atoms with Crippen LogP contribution in [0.25, 0.3) is 5.65 Å². The smallest absolute Gasteiger partial charge is 0.290 e. The summed E-state index contributed by atoms with van der Waals surface area (Å²) in [6, 6.07) is 13.2. The van der Waals surface area contributed by atoms with Crippen molar-refractivity contribution >= 4 is 23.6 Å². The van der Waals surface area contributed by atoms with Crippen LogP contribution >= 0.6 is 0 Å². The number of benzene rings is 1. The first-order valence-electron chi connectivity index (χ1n) is 10.8. The SMILES string of the molecule is CC(C)c1cnc2c(NC(C)c3ccccc3)cc(NC3CCNCC3)nn12.O=CO. The van der Waals surface area contributed by atoms with Crippen LogP contribution in [0.2, 0.25) is 0 Å². The lowest BCUT2D eigenvalue weighted by molar-refractivity contribution is -0.122. The summed E-state index contributed by atoms with van der Waals surface area (Å²) in [6.07, 6.45) is 4.17. The van der Waals surface area contributed by atoms with Crippen molar-refractivity contribution in [2.75, 3.05) is 23.7 Å². The number of carbonyl (C=O) groups is 1. The zero-order chi connectivity index (χ0) is 22.2. The molecule has 3 heterocycles. The van der Waals surface area contributed by atoms with Gasteiger partial charge in [-0.15, -0.1) is 5.10 Å². The summed E-state index contributed by atoms with van der Waals surface area (Å²) in [4.78, 5) is 13.0. The summed E-state index contributed by atoms with van der Waals surface area (Å²) in [5.74, 6) is 1.26. The van der Waals surface area contributed by atoms with Crippen molar-refractivity contribution in [3.8, 4) is 0 Å². The van der Waals surface area contributed by atoms with Crippen LogP contribution in [0.3, 0.4) is 0 Å². The number of piperidine rings is 1. The van der Waals surface area contributed by atoms with Gasteiger partial charge in [-0.25, -0.2) is 9.50 Å². The molecule has 8 heteroatoms. The minimum atomic E-state index is -0.250. The average molecular weight is 425 g/mol. The molecular weight excluding hydrogens is 392 g/mol. The van der Waals surface area contributed by atoms with E-state index in [1.165, 1.54) is 5.56 Å². The fourth-order valence-corrected chi connectivity index (χ4v) is 3.79. The number of imidazole rings is 1. The predicted molar refractivity (Wildman–Crippen MR) is 124 cm³/mol. The van der Waals surface area contributed by atoms with Gasteiger partial charge < -0.3 is 21.1 Å². The lowest BCUT2D eigenvalue weighted by Crippen LogP contribution is -2.35. The van der Waals surface area contributed by atoms with E-state index in [1.807, 2.05) is 16.8 Å². The molecule has 0 saturated carbocycles. The normalized spacial score (nSPS) is 15.2. The average Bonchev–Trinajstić information content (AvgIpc) is 3.20. The summed E-state index contributed by atoms with van der Waals surface area (Å²) < 4.78 is 1.99. The molecule has 1 aliphatic rings. The Morgan fingerprint density at radius 2 is 1.87 bits per heavy atom. The number of fused-ring (bicyclic) bond motifs is 1. The second-order valence-electron chi connectivity index (χ2n) is 8.07. The van der Waals surface area contributed by atoms with Crippen molar-refractivity contribution in [1.29, 1.82) is 0 Å². The van der Waals surface area contributed by atoms with E-state index in [-0.39, 0.29) is 12.5 Å². The number of aromatic nitrogens is 3. The molecule has 0 bridgehead atoms. The Morgan fingerprint density at radius 3 is 2.52 bits per heavy atom. The van der Waals surface area contributed by atoms with Crippen molar-refractivity contribution in [2.45, 2.75) is 51.6 Å². The molecule has 0 spiro atoms. The zero-order valence-electron chi connectivity index (χ0n) is 18.4. The van der Waals surface area contributed by atoms with Gasteiger partial charge in [0.1, 0.15) is 5.82 Å². The second-order valence-corrected chi connectivity index (χ2v) is 8.07. The molecule has 0 aliphatic carbocycles. The molecule has 1 aliphatic heterocycles. The van der Waals surface area contributed by atoms with Crippen LogP contribution in [0.15, 0.2) is 42.6 Å². The number of nitrogens with zero attached hydrogens (tertiary/aromatic N) is 3. The van der Waals surface area contributed by atoms with Gasteiger partial charge in [0.05, 0.1) is 17.6 Å². The fraction of sp³-hybridized carbons (Fsp3) is 0.435. The summed E-state index contributed by atoms with van der Waals surface area (Å²) in [5, 5.41) is 22.5. The largest absolute Gasteiger partial charge is 0.483 e. The van der Waals surface area contributed by atoms with Crippen LogP contribution in [-0.4, -0.2) is 45.3 Å². The first-order chi connectivity index (χ1) is 15.0. The van der Waals surface area contributed by atoms with Crippen LogP contribution in [-0.2, 0) is 4.79 Å². The van der Waals surface area contributed by atoms with Crippen LogP contribution in [0.1, 0.15) is 56.8 Å². The van der Waals surface area contributed by atoms with Gasteiger partial charge in [0.25, 0.3) is 6.47 Å². The molecule has 0 radical (unpaired) electrons. The summed E-state index contributed by atoms with van der Waals surface area (Å²) >= 11 is 0. The van der Waals surface area contributed by atoms with Gasteiger partial charge in [0, 0.05) is 18.2 Å². The molecule has 1 fully saturated rings. The topological polar surface area (TPSA) is 104 Å². The number of rotatable bonds is 6. The molecule has 1 unspecified atom stereocenters. The monoisotopic (exact) mass is 424 g/mol. The highest BCUT2D eigenvalue weighted by Gasteiger charge is 2.18. The maximum absolute atomic E-state index is 8.36. The highest BCUT2D eigenvalue weighted by atomic mass is 16.3. The molecule has 31 heavy (non-hydrogen) atoms. The molecule has 4 rings (SSSR count). The van der Waals surface area contributed by atoms with Crippen molar-refractivity contribution in [2.24, 2.45) is 0 Å². The summed E-state index contributed by atoms with van der Waals surface area (Å²) in [6.45, 7) is 8.39. The number of hydrogen-bond donors (Lipinski definition) is 4. The Hall–Kier alpha value is -3.13. The lowest BCUT2D eigenvalue weighted by Gasteiger charge is -2.25. The van der Waals surface area contributed by atoms with Gasteiger partial charge in [0.15, 0.2) is 5.65 Å². The van der Waals surface area contributed by atoms with Crippen molar-refractivity contribution in [1.82, 2.24) is 19.9 Å². The number of hydrogen-bond acceptors (Lipinski definition) is 6. The van der Waals surface area contributed by atoms with E-state index in [0.29, 0.717) is 12.0 Å². The van der Waals surface area contributed by atoms with E-state index < -0.39 is 0 Å². The minimum absolute atomic E-state index is 0.179. The number of anilines is 2. The van der Waals surface area contributed by atoms with Gasteiger partial charge >= 0.3 is 0 Å². The molecule has 8 nitrogen and oxygen atoms in total. The van der Waals surface area contributed by atoms with E-state index in [9.17, 15) is 0 Å². The number of nitrogens with one attached hydrogen (secondary N) is 3. The third-order valence-corrected chi connectivity index (χ3v) is 5.45. The maximum atomic E-state index is 8.36. The highest BCUT2D eigenvalue weighted by Crippen LogP contribution is 2.27. The maximum Gasteiger partial charge on any atom is 0.290 e. The number of carboxylic acid groups (broad SMARTS) is 1. The van der Waals surface area contributed by atoms with Crippen LogP contribution in [0, 0.1) is 0 Å². The molecule has 3 aromatic rings. The molecule has 1 atom stereocenters. The Kier molecular flexibility index (Phi) is 7.83. The highest BCUT2D eigenvalue weighted by molar-refractivity contribution is 5.71. The molecule has 0 amide bonds. The van der Waals surface area contributed by atoms with Crippen molar-refractivity contribution < 1.29 is 9.90 Å². The van der Waals surface area contributed by atoms with Crippen LogP contribution < -0.4 is 16.0 Å². The lowest BCUT2D eigenvalue weighted by atomic mass is 10.1. The molecule has 4 N–H and O–H groups in total. The zero-order valence-corrected chi connectivity index (χ0v) is 18.4. The molecule has 166 valence electrons. The van der Waals surface area contributed by atoms with Crippen molar-refractivity contribution in [3.05, 3.63) is 53.9 Å². The Morgan fingerprint density at radius 1 is 1.19 bits per heavy atom. The Bertz CT molecular complexity index is 967. The quantitative estimate of drug-likeness (QED) is 0.445. The first kappa shape index (κ1) is 22.6. The molecule has 1 saturated heterocycles. The van der Waals surface area contributed by atoms with Crippen LogP contribution in [0.4, 0.5) is 11.5 Å². The van der Waals surface area contributed by atoms with Gasteiger partial charge in [0.2, 0.25) is 0 Å². The van der Waals surface area contributed by atoms with Gasteiger partial charge in [-0.05, 0) is 44.3 Å². The van der Waals surface area contributed by atoms with E-state index in [1.54, 1.807) is 0 Å². The first-order valence-corrected chi connectivity index (χ1v) is 10.8. The molecule has 1 aromatic carbocycles. The minimum Gasteiger partial charge on any atom is -0.483 e. The third-order valence-electron chi connectivity index (χ3n) is 5.45. The standard InChI is InChI=1S/C22H30N6.CH2O2/c1-15(2)20-14-24-22-19(25-16(3)17-7-5-4-6-8-17)13-21(27-28(20)22)26-18-9-11-23-12-10-18;2-1-3/h4-8,13-16,18,23,25H,9-12H2,1-3H3,(H,26,27);1H,(H,2,3). The Balaban J connectivity index is 0.000000858. The molecule has 2 aromatic heterocycles. The van der Waals surface area contributed by atoms with Crippen molar-refractivity contribution in [3.63, 3.8) is 0 Å². The summed E-state index contributed by atoms with van der Waals surface area (Å²) in [5.41, 5.74) is 4.26. The van der Waals surface area contributed by atoms with Crippen LogP contribution in [0.5, 0.6) is 0 Å². The fourth-order valence-electron chi connectivity index (χ4n) is 3.79.